The van der Waals surface area contributed by atoms with E-state index in [0.717, 1.165) is 24.1 Å². The first-order valence-electron chi connectivity index (χ1n) is 4.04. The number of nitrogens with two attached hydrogens (primary N) is 1. The smallest absolute Gasteiger partial charge is 0.362 e. The molecule has 0 unspecified atom stereocenters. The molecule has 0 fully saturated rings. The third-order valence-corrected chi connectivity index (χ3v) is 4.75. The number of carbonyl (C=O) groups excluding carboxylic acids is 1. The Bertz CT molecular complexity index is 214. The Morgan fingerprint density at radius 1 is 1.29 bits per heavy atom. The lowest BCUT2D eigenvalue weighted by atomic mass is 10.8. The highest BCUT2D eigenvalue weighted by Crippen LogP contribution is 2.54. The lowest BCUT2D eigenvalue weighted by Gasteiger charge is -2.13. The molecular formula is C6H14NO4PS2. The monoisotopic (exact) mass is 259 g/mol. The van der Waals surface area contributed by atoms with E-state index in [4.69, 9.17) is 13.7 Å². The Morgan fingerprint density at radius 3 is 2.00 bits per heavy atom. The largest absolute Gasteiger partial charge is 0.369 e. The Morgan fingerprint density at radius 2 is 1.71 bits per heavy atom. The zero-order valence-corrected chi connectivity index (χ0v) is 10.6. The van der Waals surface area contributed by atoms with Gasteiger partial charge in [-0.1, -0.05) is 13.8 Å². The Hall–Kier alpha value is 0.320. The van der Waals surface area contributed by atoms with Crippen LogP contribution in [-0.4, -0.2) is 23.6 Å². The van der Waals surface area contributed by atoms with Gasteiger partial charge in [-0.2, -0.15) is 0 Å². The zero-order chi connectivity index (χ0) is 11.0. The van der Waals surface area contributed by atoms with E-state index in [-0.39, 0.29) is 6.16 Å². The minimum atomic E-state index is -3.36. The third kappa shape index (κ3) is 6.73. The van der Waals surface area contributed by atoms with Gasteiger partial charge in [-0.3, -0.25) is 9.36 Å². The molecule has 0 aromatic carbocycles. The number of amides is 1. The van der Waals surface area contributed by atoms with Gasteiger partial charge in [0.25, 0.3) is 0 Å². The molecule has 2 N–H and O–H groups in total. The predicted octanol–water partition coefficient (Wildman–Crippen LogP) is 2.03. The molecule has 0 radical (unpaired) electrons. The normalized spacial score (nSPS) is 11.6. The molecule has 8 heteroatoms. The first-order valence-corrected chi connectivity index (χ1v) is 7.58. The third-order valence-electron chi connectivity index (χ3n) is 0.918. The molecule has 0 spiro atoms. The van der Waals surface area contributed by atoms with Gasteiger partial charge in [0.1, 0.15) is 6.16 Å². The van der Waals surface area contributed by atoms with Gasteiger partial charge in [0.05, 0.1) is 0 Å². The average Bonchev–Trinajstić information content (AvgIpc) is 2.11. The van der Waals surface area contributed by atoms with Crippen molar-refractivity contribution in [3.63, 3.8) is 0 Å². The number of hydrogen-bond donors (Lipinski definition) is 1. The molecule has 0 aliphatic rings. The average molecular weight is 259 g/mol. The molecule has 0 aromatic rings. The molecule has 0 aliphatic carbocycles. The fraction of sp³-hybridized carbons (Fsp3) is 0.833. The predicted molar refractivity (Wildman–Crippen MR) is 60.1 cm³/mol. The maximum Gasteiger partial charge on any atom is 0.362 e. The van der Waals surface area contributed by atoms with Gasteiger partial charge in [0.2, 0.25) is 5.91 Å². The number of carbonyl (C=O) groups is 1. The summed E-state index contributed by atoms with van der Waals surface area (Å²) in [5, 5.41) is 0. The van der Waals surface area contributed by atoms with Gasteiger partial charge >= 0.3 is 7.60 Å². The summed E-state index contributed by atoms with van der Waals surface area (Å²) >= 11 is 2.00. The lowest BCUT2D eigenvalue weighted by molar-refractivity contribution is -0.115. The number of rotatable bonds is 8. The molecule has 0 bridgehead atoms. The van der Waals surface area contributed by atoms with Gasteiger partial charge in [-0.15, -0.1) is 0 Å². The van der Waals surface area contributed by atoms with Crippen molar-refractivity contribution >= 4 is 37.6 Å². The van der Waals surface area contributed by atoms with Crippen LogP contribution in [0.1, 0.15) is 13.8 Å². The van der Waals surface area contributed by atoms with E-state index in [1.54, 1.807) is 0 Å². The van der Waals surface area contributed by atoms with Crippen molar-refractivity contribution in [3.05, 3.63) is 0 Å². The summed E-state index contributed by atoms with van der Waals surface area (Å²) in [6.07, 6.45) is -0.382. The van der Waals surface area contributed by atoms with Gasteiger partial charge in [-0.25, -0.2) is 7.94 Å². The van der Waals surface area contributed by atoms with Gasteiger partial charge in [0.15, 0.2) is 0 Å². The zero-order valence-electron chi connectivity index (χ0n) is 8.10. The SMILES string of the molecule is CCSOP(=O)(CC(N)=O)OSCC. The Kier molecular flexibility index (Phi) is 7.76. The number of hydrogen-bond acceptors (Lipinski definition) is 6. The molecule has 0 atom stereocenters. The maximum absolute atomic E-state index is 11.8. The van der Waals surface area contributed by atoms with Crippen molar-refractivity contribution in [2.45, 2.75) is 13.8 Å². The second kappa shape index (κ2) is 7.59. The van der Waals surface area contributed by atoms with Gasteiger partial charge < -0.3 is 5.73 Å². The van der Waals surface area contributed by atoms with Crippen LogP contribution in [-0.2, 0) is 17.3 Å². The molecule has 0 aliphatic heterocycles. The van der Waals surface area contributed by atoms with Crippen molar-refractivity contribution < 1.29 is 17.3 Å². The molecule has 5 nitrogen and oxygen atoms in total. The van der Waals surface area contributed by atoms with Crippen LogP contribution in [0.15, 0.2) is 0 Å². The van der Waals surface area contributed by atoms with Gasteiger partial charge in [-0.05, 0) is 0 Å². The second-order valence-electron chi connectivity index (χ2n) is 2.20. The second-order valence-corrected chi connectivity index (χ2v) is 6.55. The molecule has 1 amide bonds. The van der Waals surface area contributed by atoms with E-state index in [1.807, 2.05) is 13.8 Å². The van der Waals surface area contributed by atoms with E-state index in [1.165, 1.54) is 0 Å². The summed E-state index contributed by atoms with van der Waals surface area (Å²) in [6, 6.07) is 0. The summed E-state index contributed by atoms with van der Waals surface area (Å²) in [6.45, 7) is 3.68. The van der Waals surface area contributed by atoms with E-state index in [0.29, 0.717) is 11.5 Å². The summed E-state index contributed by atoms with van der Waals surface area (Å²) in [7, 11) is -3.36. The van der Waals surface area contributed by atoms with Crippen LogP contribution in [0.5, 0.6) is 0 Å². The molecule has 84 valence electrons. The molecule has 0 rings (SSSR count). The van der Waals surface area contributed by atoms with Crippen LogP contribution < -0.4 is 5.73 Å². The fourth-order valence-corrected chi connectivity index (χ4v) is 3.78. The minimum Gasteiger partial charge on any atom is -0.369 e. The molecular weight excluding hydrogens is 245 g/mol. The van der Waals surface area contributed by atoms with Crippen LogP contribution in [0.4, 0.5) is 0 Å². The highest BCUT2D eigenvalue weighted by atomic mass is 32.2. The molecule has 0 heterocycles. The van der Waals surface area contributed by atoms with Crippen LogP contribution >= 0.6 is 31.7 Å². The van der Waals surface area contributed by atoms with E-state index < -0.39 is 13.5 Å². The first kappa shape index (κ1) is 14.3. The van der Waals surface area contributed by atoms with E-state index >= 15 is 0 Å². The fourth-order valence-electron chi connectivity index (χ4n) is 0.522. The van der Waals surface area contributed by atoms with Crippen LogP contribution in [0.2, 0.25) is 0 Å². The van der Waals surface area contributed by atoms with Crippen LogP contribution in [0.3, 0.4) is 0 Å². The Labute approximate surface area is 92.4 Å². The Balaban J connectivity index is 4.18. The maximum atomic E-state index is 11.8. The summed E-state index contributed by atoms with van der Waals surface area (Å²) < 4.78 is 21.6. The summed E-state index contributed by atoms with van der Waals surface area (Å²) in [5.74, 6) is 0.563. The summed E-state index contributed by atoms with van der Waals surface area (Å²) in [4.78, 5) is 10.6. The summed E-state index contributed by atoms with van der Waals surface area (Å²) in [5.41, 5.74) is 4.93. The van der Waals surface area contributed by atoms with Crippen molar-refractivity contribution in [1.82, 2.24) is 0 Å². The van der Waals surface area contributed by atoms with Crippen molar-refractivity contribution in [1.29, 1.82) is 0 Å². The molecule has 0 saturated heterocycles. The van der Waals surface area contributed by atoms with Gasteiger partial charge in [0, 0.05) is 35.6 Å². The van der Waals surface area contributed by atoms with Crippen molar-refractivity contribution in [2.75, 3.05) is 17.7 Å². The molecule has 0 aromatic heterocycles. The quantitative estimate of drug-likeness (QED) is 0.531. The van der Waals surface area contributed by atoms with Crippen LogP contribution in [0.25, 0.3) is 0 Å². The minimum absolute atomic E-state index is 0.382. The highest BCUT2D eigenvalue weighted by molar-refractivity contribution is 8.01. The van der Waals surface area contributed by atoms with E-state index in [9.17, 15) is 9.36 Å². The molecule has 0 saturated carbocycles. The van der Waals surface area contributed by atoms with E-state index in [2.05, 4.69) is 0 Å². The van der Waals surface area contributed by atoms with Crippen molar-refractivity contribution in [3.8, 4) is 0 Å². The number of primary amides is 1. The molecule has 14 heavy (non-hydrogen) atoms. The standard InChI is InChI=1S/C6H14NO4PS2/c1-3-13-10-12(9,5-6(7)8)11-14-4-2/h3-5H2,1-2H3,(H2,7,8). The highest BCUT2D eigenvalue weighted by Gasteiger charge is 2.28. The topological polar surface area (TPSA) is 78.6 Å². The van der Waals surface area contributed by atoms with Crippen molar-refractivity contribution in [2.24, 2.45) is 5.73 Å². The first-order chi connectivity index (χ1) is 6.54. The van der Waals surface area contributed by atoms with Crippen LogP contribution in [0, 0.1) is 0 Å². The lowest BCUT2D eigenvalue weighted by Crippen LogP contribution is -2.16.